The van der Waals surface area contributed by atoms with Gasteiger partial charge < -0.3 is 14.6 Å². The second kappa shape index (κ2) is 5.10. The minimum absolute atomic E-state index is 0.120. The van der Waals surface area contributed by atoms with Crippen LogP contribution in [-0.4, -0.2) is 24.2 Å². The number of hydrogen-bond donors (Lipinski definition) is 1. The third-order valence-electron chi connectivity index (χ3n) is 5.09. The fraction of sp³-hybridized carbons (Fsp3) is 0.588. The predicted octanol–water partition coefficient (Wildman–Crippen LogP) is 2.64. The number of carbonyl (C=O) groups is 1. The summed E-state index contributed by atoms with van der Waals surface area (Å²) in [7, 11) is -0.400. The molecule has 118 valence electrons. The van der Waals surface area contributed by atoms with Crippen molar-refractivity contribution in [3.8, 4) is 0 Å². The average molecular weight is 301 g/mol. The van der Waals surface area contributed by atoms with E-state index in [4.69, 9.17) is 9.31 Å². The fourth-order valence-corrected chi connectivity index (χ4v) is 2.59. The van der Waals surface area contributed by atoms with Crippen molar-refractivity contribution < 1.29 is 14.1 Å². The molecule has 1 saturated heterocycles. The Morgan fingerprint density at radius 2 is 1.77 bits per heavy atom. The third kappa shape index (κ3) is 2.68. The summed E-state index contributed by atoms with van der Waals surface area (Å²) in [6.45, 7) is 10.2. The summed E-state index contributed by atoms with van der Waals surface area (Å²) in [6, 6.07) is 5.88. The molecule has 1 amide bonds. The van der Waals surface area contributed by atoms with Gasteiger partial charge in [0.2, 0.25) is 5.91 Å². The van der Waals surface area contributed by atoms with Crippen LogP contribution in [0.5, 0.6) is 0 Å². The van der Waals surface area contributed by atoms with Crippen LogP contribution in [0.15, 0.2) is 18.2 Å². The van der Waals surface area contributed by atoms with E-state index in [-0.39, 0.29) is 23.0 Å². The minimum atomic E-state index is -0.400. The molecule has 3 rings (SSSR count). The highest BCUT2D eigenvalue weighted by atomic mass is 16.7. The van der Waals surface area contributed by atoms with Gasteiger partial charge in [-0.2, -0.15) is 0 Å². The van der Waals surface area contributed by atoms with Gasteiger partial charge in [-0.1, -0.05) is 12.1 Å². The van der Waals surface area contributed by atoms with Crippen molar-refractivity contribution in [3.63, 3.8) is 0 Å². The Labute approximate surface area is 132 Å². The van der Waals surface area contributed by atoms with Gasteiger partial charge in [-0.3, -0.25) is 4.79 Å². The molecule has 1 aliphatic carbocycles. The van der Waals surface area contributed by atoms with E-state index in [0.29, 0.717) is 0 Å². The fourth-order valence-electron chi connectivity index (χ4n) is 2.59. The van der Waals surface area contributed by atoms with E-state index in [2.05, 4.69) is 5.32 Å². The number of nitrogens with one attached hydrogen (secondary N) is 1. The van der Waals surface area contributed by atoms with Crippen LogP contribution in [0.4, 0.5) is 5.69 Å². The van der Waals surface area contributed by atoms with Crippen LogP contribution in [0.1, 0.15) is 46.1 Å². The lowest BCUT2D eigenvalue weighted by Crippen LogP contribution is -2.41. The van der Waals surface area contributed by atoms with Crippen molar-refractivity contribution in [3.05, 3.63) is 23.8 Å². The average Bonchev–Trinajstić information content (AvgIpc) is 3.20. The van der Waals surface area contributed by atoms with E-state index < -0.39 is 7.12 Å². The van der Waals surface area contributed by atoms with E-state index in [1.54, 1.807) is 0 Å². The lowest BCUT2D eigenvalue weighted by atomic mass is 9.76. The molecule has 1 aromatic carbocycles. The summed E-state index contributed by atoms with van der Waals surface area (Å²) in [6.07, 6.45) is 2.00. The van der Waals surface area contributed by atoms with Gasteiger partial charge in [0.05, 0.1) is 11.2 Å². The predicted molar refractivity (Wildman–Crippen MR) is 88.2 cm³/mol. The number of amides is 1. The molecular weight excluding hydrogens is 277 g/mol. The lowest BCUT2D eigenvalue weighted by Gasteiger charge is -2.32. The van der Waals surface area contributed by atoms with Gasteiger partial charge in [-0.15, -0.1) is 0 Å². The van der Waals surface area contributed by atoms with Crippen LogP contribution in [0.2, 0.25) is 0 Å². The maximum Gasteiger partial charge on any atom is 0.495 e. The second-order valence-corrected chi connectivity index (χ2v) is 7.37. The van der Waals surface area contributed by atoms with Crippen LogP contribution in [0.25, 0.3) is 0 Å². The van der Waals surface area contributed by atoms with Gasteiger partial charge in [0, 0.05) is 11.6 Å². The normalized spacial score (nSPS) is 22.7. The van der Waals surface area contributed by atoms with E-state index in [1.807, 2.05) is 52.8 Å². The summed E-state index contributed by atoms with van der Waals surface area (Å²) >= 11 is 0. The van der Waals surface area contributed by atoms with Gasteiger partial charge in [0.25, 0.3) is 0 Å². The first-order valence-electron chi connectivity index (χ1n) is 7.97. The van der Waals surface area contributed by atoms with E-state index in [1.165, 1.54) is 0 Å². The molecule has 5 heteroatoms. The van der Waals surface area contributed by atoms with Crippen molar-refractivity contribution in [1.82, 2.24) is 0 Å². The number of rotatable bonds is 3. The van der Waals surface area contributed by atoms with Crippen LogP contribution in [-0.2, 0) is 14.1 Å². The van der Waals surface area contributed by atoms with Gasteiger partial charge >= 0.3 is 7.12 Å². The molecule has 0 aromatic heterocycles. The summed E-state index contributed by atoms with van der Waals surface area (Å²) in [5.41, 5.74) is 2.11. The van der Waals surface area contributed by atoms with Crippen molar-refractivity contribution >= 4 is 24.2 Å². The first-order valence-corrected chi connectivity index (χ1v) is 7.97. The lowest BCUT2D eigenvalue weighted by molar-refractivity contribution is -0.117. The van der Waals surface area contributed by atoms with E-state index in [9.17, 15) is 4.79 Å². The molecule has 1 aromatic rings. The Morgan fingerprint density at radius 1 is 1.18 bits per heavy atom. The molecule has 1 saturated carbocycles. The minimum Gasteiger partial charge on any atom is -0.399 e. The van der Waals surface area contributed by atoms with Gasteiger partial charge in [-0.05, 0) is 64.6 Å². The number of benzene rings is 1. The molecule has 1 aliphatic heterocycles. The first kappa shape index (κ1) is 15.6. The summed E-state index contributed by atoms with van der Waals surface area (Å²) in [4.78, 5) is 12.0. The number of carbonyl (C=O) groups excluding carboxylic acids is 1. The van der Waals surface area contributed by atoms with E-state index in [0.717, 1.165) is 29.6 Å². The molecule has 0 atom stereocenters. The quantitative estimate of drug-likeness (QED) is 0.873. The summed E-state index contributed by atoms with van der Waals surface area (Å²) in [5.74, 6) is 0.314. The molecule has 0 unspecified atom stereocenters. The molecule has 4 nitrogen and oxygen atoms in total. The van der Waals surface area contributed by atoms with Crippen molar-refractivity contribution in [2.75, 3.05) is 5.32 Å². The highest BCUT2D eigenvalue weighted by molar-refractivity contribution is 6.62. The Hall–Kier alpha value is -1.33. The van der Waals surface area contributed by atoms with Crippen LogP contribution in [0.3, 0.4) is 0 Å². The monoisotopic (exact) mass is 301 g/mol. The Morgan fingerprint density at radius 3 is 2.32 bits per heavy atom. The highest BCUT2D eigenvalue weighted by Gasteiger charge is 2.52. The highest BCUT2D eigenvalue weighted by Crippen LogP contribution is 2.37. The van der Waals surface area contributed by atoms with Crippen molar-refractivity contribution in [2.45, 2.75) is 58.7 Å². The smallest absolute Gasteiger partial charge is 0.399 e. The topological polar surface area (TPSA) is 47.6 Å². The second-order valence-electron chi connectivity index (χ2n) is 7.37. The van der Waals surface area contributed by atoms with Crippen molar-refractivity contribution in [2.24, 2.45) is 5.92 Å². The molecule has 1 N–H and O–H groups in total. The molecule has 22 heavy (non-hydrogen) atoms. The maximum atomic E-state index is 12.0. The molecule has 1 heterocycles. The molecule has 0 bridgehead atoms. The Kier molecular flexibility index (Phi) is 3.61. The van der Waals surface area contributed by atoms with Crippen molar-refractivity contribution in [1.29, 1.82) is 0 Å². The van der Waals surface area contributed by atoms with Crippen LogP contribution < -0.4 is 10.8 Å². The molecule has 2 aliphatic rings. The molecular formula is C17H24BNO3. The SMILES string of the molecule is Cc1c(NC(=O)C2CC2)cccc1B1OC(C)(C)C(C)(C)O1. The van der Waals surface area contributed by atoms with E-state index >= 15 is 0 Å². The Balaban J connectivity index is 1.84. The first-order chi connectivity index (χ1) is 10.2. The Bertz CT molecular complexity index is 592. The number of anilines is 1. The molecule has 0 spiro atoms. The zero-order valence-corrected chi connectivity index (χ0v) is 14.0. The zero-order chi connectivity index (χ0) is 16.1. The summed E-state index contributed by atoms with van der Waals surface area (Å²) in [5, 5.41) is 3.03. The standard InChI is InChI=1S/C17H24BNO3/c1-11-13(18-21-16(2,3)17(4,5)22-18)7-6-8-14(11)19-15(20)12-9-10-12/h6-8,12H,9-10H2,1-5H3,(H,19,20). The maximum absolute atomic E-state index is 12.0. The largest absolute Gasteiger partial charge is 0.495 e. The molecule has 2 fully saturated rings. The van der Waals surface area contributed by atoms with Crippen LogP contribution in [0, 0.1) is 12.8 Å². The zero-order valence-electron chi connectivity index (χ0n) is 14.0. The molecule has 0 radical (unpaired) electrons. The summed E-state index contributed by atoms with van der Waals surface area (Å²) < 4.78 is 12.2. The number of hydrogen-bond acceptors (Lipinski definition) is 3. The van der Waals surface area contributed by atoms with Gasteiger partial charge in [-0.25, -0.2) is 0 Å². The van der Waals surface area contributed by atoms with Gasteiger partial charge in [0.15, 0.2) is 0 Å². The van der Waals surface area contributed by atoms with Gasteiger partial charge in [0.1, 0.15) is 0 Å². The van der Waals surface area contributed by atoms with Crippen LogP contribution >= 0.6 is 0 Å². The third-order valence-corrected chi connectivity index (χ3v) is 5.09.